The molecule has 1 unspecified atom stereocenters. The Morgan fingerprint density at radius 3 is 2.90 bits per heavy atom. The summed E-state index contributed by atoms with van der Waals surface area (Å²) < 4.78 is 1.89. The quantitative estimate of drug-likeness (QED) is 0.547. The Balaban J connectivity index is 1.39. The van der Waals surface area contributed by atoms with Crippen LogP contribution in [0.15, 0.2) is 61.1 Å². The fraction of sp³-hybridized carbons (Fsp3) is 0.304. The summed E-state index contributed by atoms with van der Waals surface area (Å²) in [6.07, 6.45) is 7.24. The number of nitrogens with zero attached hydrogens (tertiary/aromatic N) is 4. The number of benzene rings is 1. The van der Waals surface area contributed by atoms with Gasteiger partial charge in [0.2, 0.25) is 5.91 Å². The molecule has 31 heavy (non-hydrogen) atoms. The number of nitrogens with one attached hydrogen (secondary N) is 1. The SMILES string of the molecule is Cc1ccnc(N2C(=O)CSC2c2cccc(C(=O)NCCCCn3cccn3)c2)c1. The van der Waals surface area contributed by atoms with E-state index in [1.807, 2.05) is 54.2 Å². The van der Waals surface area contributed by atoms with Gasteiger partial charge in [0.15, 0.2) is 0 Å². The zero-order valence-electron chi connectivity index (χ0n) is 17.4. The molecule has 4 rings (SSSR count). The summed E-state index contributed by atoms with van der Waals surface area (Å²) in [5.74, 6) is 0.968. The highest BCUT2D eigenvalue weighted by molar-refractivity contribution is 8.00. The van der Waals surface area contributed by atoms with Crippen LogP contribution in [0.1, 0.15) is 39.7 Å². The number of hydrogen-bond acceptors (Lipinski definition) is 5. The molecule has 1 N–H and O–H groups in total. The summed E-state index contributed by atoms with van der Waals surface area (Å²) in [5.41, 5.74) is 2.57. The van der Waals surface area contributed by atoms with Gasteiger partial charge in [-0.25, -0.2) is 4.98 Å². The molecule has 1 aliphatic heterocycles. The van der Waals surface area contributed by atoms with Crippen molar-refractivity contribution in [3.8, 4) is 0 Å². The van der Waals surface area contributed by atoms with Gasteiger partial charge in [0, 0.05) is 37.2 Å². The molecule has 2 aromatic heterocycles. The third-order valence-corrected chi connectivity index (χ3v) is 6.32. The Morgan fingerprint density at radius 1 is 1.19 bits per heavy atom. The lowest BCUT2D eigenvalue weighted by Gasteiger charge is -2.24. The van der Waals surface area contributed by atoms with Gasteiger partial charge in [-0.15, -0.1) is 11.8 Å². The number of thioether (sulfide) groups is 1. The molecule has 160 valence electrons. The van der Waals surface area contributed by atoms with Crippen LogP contribution in [-0.2, 0) is 11.3 Å². The van der Waals surface area contributed by atoms with Gasteiger partial charge in [-0.05, 0) is 61.2 Å². The van der Waals surface area contributed by atoms with Crippen molar-refractivity contribution in [1.29, 1.82) is 0 Å². The molecule has 0 bridgehead atoms. The van der Waals surface area contributed by atoms with E-state index < -0.39 is 0 Å². The molecule has 1 aliphatic rings. The Bertz CT molecular complexity index is 1050. The van der Waals surface area contributed by atoms with E-state index in [4.69, 9.17) is 0 Å². The van der Waals surface area contributed by atoms with Gasteiger partial charge < -0.3 is 5.32 Å². The summed E-state index contributed by atoms with van der Waals surface area (Å²) in [7, 11) is 0. The lowest BCUT2D eigenvalue weighted by Crippen LogP contribution is -2.29. The van der Waals surface area contributed by atoms with Gasteiger partial charge in [0.1, 0.15) is 11.2 Å². The number of hydrogen-bond donors (Lipinski definition) is 1. The minimum atomic E-state index is -0.191. The van der Waals surface area contributed by atoms with Crippen molar-refractivity contribution in [2.75, 3.05) is 17.2 Å². The number of carbonyl (C=O) groups excluding carboxylic acids is 2. The van der Waals surface area contributed by atoms with Gasteiger partial charge in [-0.3, -0.25) is 19.2 Å². The first kappa shape index (κ1) is 21.1. The molecule has 0 saturated carbocycles. The van der Waals surface area contributed by atoms with Crippen molar-refractivity contribution in [2.45, 2.75) is 31.7 Å². The topological polar surface area (TPSA) is 80.1 Å². The molecule has 1 atom stereocenters. The number of aromatic nitrogens is 3. The van der Waals surface area contributed by atoms with Crippen LogP contribution in [0.2, 0.25) is 0 Å². The summed E-state index contributed by atoms with van der Waals surface area (Å²) in [4.78, 5) is 31.3. The molecule has 2 amide bonds. The van der Waals surface area contributed by atoms with Crippen LogP contribution < -0.4 is 10.2 Å². The third-order valence-electron chi connectivity index (χ3n) is 5.11. The van der Waals surface area contributed by atoms with Crippen LogP contribution in [0, 0.1) is 6.92 Å². The van der Waals surface area contributed by atoms with Crippen molar-refractivity contribution in [2.24, 2.45) is 0 Å². The number of pyridine rings is 1. The van der Waals surface area contributed by atoms with Crippen molar-refractivity contribution in [3.63, 3.8) is 0 Å². The normalized spacial score (nSPS) is 16.0. The predicted octanol–water partition coefficient (Wildman–Crippen LogP) is 3.58. The summed E-state index contributed by atoms with van der Waals surface area (Å²) in [6.45, 7) is 3.43. The standard InChI is InChI=1S/C23H25N5O2S/c1-17-8-11-24-20(14-17)28-21(29)16-31-23(28)19-7-4-6-18(15-19)22(30)25-9-2-3-12-27-13-5-10-26-27/h4-8,10-11,13-15,23H,2-3,9,12,16H2,1H3,(H,25,30). The maximum atomic E-state index is 12.6. The molecule has 3 heterocycles. The van der Waals surface area contributed by atoms with Crippen molar-refractivity contribution in [1.82, 2.24) is 20.1 Å². The van der Waals surface area contributed by atoms with E-state index in [2.05, 4.69) is 15.4 Å². The van der Waals surface area contributed by atoms with Gasteiger partial charge >= 0.3 is 0 Å². The van der Waals surface area contributed by atoms with Gasteiger partial charge in [-0.2, -0.15) is 5.10 Å². The second kappa shape index (κ2) is 9.78. The van der Waals surface area contributed by atoms with E-state index in [1.54, 1.807) is 35.1 Å². The van der Waals surface area contributed by atoms with E-state index in [9.17, 15) is 9.59 Å². The van der Waals surface area contributed by atoms with E-state index >= 15 is 0 Å². The maximum Gasteiger partial charge on any atom is 0.251 e. The molecule has 7 nitrogen and oxygen atoms in total. The second-order valence-corrected chi connectivity index (χ2v) is 8.54. The lowest BCUT2D eigenvalue weighted by atomic mass is 10.1. The van der Waals surface area contributed by atoms with Gasteiger partial charge in [0.25, 0.3) is 5.91 Å². The minimum Gasteiger partial charge on any atom is -0.352 e. The van der Waals surface area contributed by atoms with Crippen LogP contribution in [0.4, 0.5) is 5.82 Å². The van der Waals surface area contributed by atoms with E-state index in [0.29, 0.717) is 23.7 Å². The predicted molar refractivity (Wildman–Crippen MR) is 122 cm³/mol. The van der Waals surface area contributed by atoms with Crippen LogP contribution in [0.5, 0.6) is 0 Å². The fourth-order valence-electron chi connectivity index (χ4n) is 3.54. The highest BCUT2D eigenvalue weighted by Gasteiger charge is 2.35. The van der Waals surface area contributed by atoms with Gasteiger partial charge in [0.05, 0.1) is 5.75 Å². The minimum absolute atomic E-state index is 0.0279. The molecular formula is C23H25N5O2S. The number of carbonyl (C=O) groups is 2. The van der Waals surface area contributed by atoms with Crippen LogP contribution in [0.25, 0.3) is 0 Å². The average Bonchev–Trinajstić information content (AvgIpc) is 3.43. The van der Waals surface area contributed by atoms with Crippen LogP contribution >= 0.6 is 11.8 Å². The van der Waals surface area contributed by atoms with Crippen LogP contribution in [-0.4, -0.2) is 38.9 Å². The molecule has 0 radical (unpaired) electrons. The third kappa shape index (κ3) is 5.14. The zero-order chi connectivity index (χ0) is 21.6. The largest absolute Gasteiger partial charge is 0.352 e. The van der Waals surface area contributed by atoms with Gasteiger partial charge in [-0.1, -0.05) is 12.1 Å². The maximum absolute atomic E-state index is 12.6. The zero-order valence-corrected chi connectivity index (χ0v) is 18.2. The number of rotatable bonds is 8. The van der Waals surface area contributed by atoms with E-state index in [1.165, 1.54) is 0 Å². The fourth-order valence-corrected chi connectivity index (χ4v) is 4.69. The molecular weight excluding hydrogens is 410 g/mol. The van der Waals surface area contributed by atoms with E-state index in [-0.39, 0.29) is 17.2 Å². The average molecular weight is 436 g/mol. The Kier molecular flexibility index (Phi) is 6.66. The van der Waals surface area contributed by atoms with Crippen molar-refractivity contribution >= 4 is 29.4 Å². The summed E-state index contributed by atoms with van der Waals surface area (Å²) in [5, 5.41) is 6.97. The van der Waals surface area contributed by atoms with E-state index in [0.717, 1.165) is 30.5 Å². The first-order chi connectivity index (χ1) is 15.1. The number of anilines is 1. The van der Waals surface area contributed by atoms with Crippen molar-refractivity contribution in [3.05, 3.63) is 77.7 Å². The summed E-state index contributed by atoms with van der Waals surface area (Å²) in [6, 6.07) is 13.2. The summed E-state index contributed by atoms with van der Waals surface area (Å²) >= 11 is 1.55. The Morgan fingerprint density at radius 2 is 2.10 bits per heavy atom. The Labute approximate surface area is 185 Å². The molecule has 8 heteroatoms. The second-order valence-electron chi connectivity index (χ2n) is 7.48. The molecule has 0 spiro atoms. The molecule has 0 aliphatic carbocycles. The molecule has 1 aromatic carbocycles. The molecule has 1 fully saturated rings. The lowest BCUT2D eigenvalue weighted by molar-refractivity contribution is -0.115. The first-order valence-corrected chi connectivity index (χ1v) is 11.4. The Hall–Kier alpha value is -3.13. The number of unbranched alkanes of at least 4 members (excludes halogenated alkanes) is 1. The monoisotopic (exact) mass is 435 g/mol. The molecule has 1 saturated heterocycles. The smallest absolute Gasteiger partial charge is 0.251 e. The first-order valence-electron chi connectivity index (χ1n) is 10.3. The van der Waals surface area contributed by atoms with Crippen molar-refractivity contribution < 1.29 is 9.59 Å². The highest BCUT2D eigenvalue weighted by Crippen LogP contribution is 2.41. The number of aryl methyl sites for hydroxylation is 2. The highest BCUT2D eigenvalue weighted by atomic mass is 32.2. The molecule has 3 aromatic rings. The number of amides is 2. The van der Waals surface area contributed by atoms with Crippen LogP contribution in [0.3, 0.4) is 0 Å².